The van der Waals surface area contributed by atoms with E-state index in [1.54, 1.807) is 23.1 Å². The highest BCUT2D eigenvalue weighted by Gasteiger charge is 2.46. The Morgan fingerprint density at radius 2 is 2.10 bits per heavy atom. The summed E-state index contributed by atoms with van der Waals surface area (Å²) < 4.78 is 17.0. The fraction of sp³-hybridized carbons (Fsp3) is 0.429. The van der Waals surface area contributed by atoms with Gasteiger partial charge >= 0.3 is 0 Å². The number of amides is 2. The van der Waals surface area contributed by atoms with E-state index in [4.69, 9.17) is 4.98 Å². The van der Waals surface area contributed by atoms with Crippen LogP contribution in [0.15, 0.2) is 41.3 Å². The number of carbonyl (C=O) groups is 2. The van der Waals surface area contributed by atoms with Crippen LogP contribution in [0.25, 0.3) is 27.6 Å². The van der Waals surface area contributed by atoms with Gasteiger partial charge in [0.25, 0.3) is 0 Å². The lowest BCUT2D eigenvalue weighted by Gasteiger charge is -2.40. The Bertz CT molecular complexity index is 1680. The molecule has 1 aromatic carbocycles. The fourth-order valence-electron chi connectivity index (χ4n) is 6.54. The van der Waals surface area contributed by atoms with Crippen LogP contribution in [-0.4, -0.2) is 78.1 Å². The molecule has 3 aromatic heterocycles. The molecule has 10 nitrogen and oxygen atoms in total. The Hall–Kier alpha value is -3.67. The Kier molecular flexibility index (Phi) is 5.99. The molecule has 2 saturated heterocycles. The van der Waals surface area contributed by atoms with Crippen LogP contribution in [0.1, 0.15) is 39.0 Å². The molecule has 206 valence electrons. The summed E-state index contributed by atoms with van der Waals surface area (Å²) in [5, 5.41) is 9.35. The number of piperazine rings is 1. The number of aromatic nitrogens is 5. The Morgan fingerprint density at radius 3 is 2.98 bits per heavy atom. The average Bonchev–Trinajstić information content (AvgIpc) is 3.63. The number of hydrogen-bond acceptors (Lipinski definition) is 7. The second-order valence-corrected chi connectivity index (χ2v) is 12.1. The maximum atomic E-state index is 14.8. The van der Waals surface area contributed by atoms with Crippen LogP contribution in [0.3, 0.4) is 0 Å². The van der Waals surface area contributed by atoms with Gasteiger partial charge in [-0.2, -0.15) is 10.1 Å². The molecule has 2 amide bonds. The standard InChI is InChI=1S/C28H28BrFN8O2/c1-28(26(40)36-9-10-37-18(15-36)4-5-22(37)39)7-6-17(13-28)33-27-32-14-20-24(29)35-38(25(20)34-27)19-11-16-3-2-8-31-23(16)21(30)12-19/h2-3,8,11-12,14,17-18H,4-7,9-10,13,15H2,1H3,(H,32,33,34)/t17-,18+,28-/m1/s1. The van der Waals surface area contributed by atoms with Gasteiger partial charge in [0, 0.05) is 67.4 Å². The van der Waals surface area contributed by atoms with Crippen molar-refractivity contribution < 1.29 is 14.0 Å². The van der Waals surface area contributed by atoms with Crippen LogP contribution in [-0.2, 0) is 9.59 Å². The first-order valence-corrected chi connectivity index (χ1v) is 14.4. The molecule has 3 atom stereocenters. The van der Waals surface area contributed by atoms with Crippen molar-refractivity contribution in [1.82, 2.24) is 34.5 Å². The summed E-state index contributed by atoms with van der Waals surface area (Å²) in [5.74, 6) is 0.378. The molecule has 0 spiro atoms. The number of nitrogens with one attached hydrogen (secondary N) is 1. The fourth-order valence-corrected chi connectivity index (χ4v) is 6.98. The molecule has 1 aliphatic carbocycles. The van der Waals surface area contributed by atoms with Gasteiger partial charge in [-0.15, -0.1) is 0 Å². The molecule has 0 radical (unpaired) electrons. The van der Waals surface area contributed by atoms with Gasteiger partial charge in [-0.3, -0.25) is 14.6 Å². The summed E-state index contributed by atoms with van der Waals surface area (Å²) in [4.78, 5) is 42.9. The third kappa shape index (κ3) is 4.20. The Morgan fingerprint density at radius 1 is 1.23 bits per heavy atom. The number of nitrogens with zero attached hydrogens (tertiary/aromatic N) is 7. The molecule has 5 heterocycles. The summed E-state index contributed by atoms with van der Waals surface area (Å²) >= 11 is 3.48. The van der Waals surface area contributed by atoms with Crippen molar-refractivity contribution in [2.75, 3.05) is 25.0 Å². The molecule has 3 fully saturated rings. The van der Waals surface area contributed by atoms with Crippen LogP contribution < -0.4 is 5.32 Å². The highest BCUT2D eigenvalue weighted by atomic mass is 79.9. The average molecular weight is 607 g/mol. The van der Waals surface area contributed by atoms with E-state index in [-0.39, 0.29) is 23.9 Å². The summed E-state index contributed by atoms with van der Waals surface area (Å²) in [5.41, 5.74) is 0.888. The normalized spacial score (nSPS) is 24.7. The van der Waals surface area contributed by atoms with Crippen LogP contribution in [0.4, 0.5) is 10.3 Å². The molecule has 3 aliphatic rings. The minimum absolute atomic E-state index is 0.0322. The van der Waals surface area contributed by atoms with Crippen molar-refractivity contribution in [3.63, 3.8) is 0 Å². The Labute approximate surface area is 238 Å². The van der Waals surface area contributed by atoms with Gasteiger partial charge in [0.15, 0.2) is 11.5 Å². The molecule has 2 aliphatic heterocycles. The van der Waals surface area contributed by atoms with Crippen molar-refractivity contribution in [2.45, 2.75) is 51.1 Å². The number of pyridine rings is 1. The second kappa shape index (κ2) is 9.46. The quantitative estimate of drug-likeness (QED) is 0.373. The zero-order valence-electron chi connectivity index (χ0n) is 22.0. The summed E-state index contributed by atoms with van der Waals surface area (Å²) in [7, 11) is 0. The van der Waals surface area contributed by atoms with Gasteiger partial charge in [0.2, 0.25) is 17.8 Å². The molecular formula is C28H28BrFN8O2. The summed E-state index contributed by atoms with van der Waals surface area (Å²) in [6.07, 6.45) is 6.93. The first kappa shape index (κ1) is 25.3. The minimum Gasteiger partial charge on any atom is -0.351 e. The number of benzene rings is 1. The van der Waals surface area contributed by atoms with E-state index < -0.39 is 11.2 Å². The molecule has 7 rings (SSSR count). The number of carbonyl (C=O) groups excluding carboxylic acids is 2. The number of halogens is 2. The zero-order chi connectivity index (χ0) is 27.6. The van der Waals surface area contributed by atoms with E-state index in [0.29, 0.717) is 70.7 Å². The van der Waals surface area contributed by atoms with E-state index >= 15 is 0 Å². The molecule has 0 bridgehead atoms. The molecular weight excluding hydrogens is 579 g/mol. The van der Waals surface area contributed by atoms with Crippen molar-refractivity contribution in [2.24, 2.45) is 5.41 Å². The number of fused-ring (bicyclic) bond motifs is 3. The summed E-state index contributed by atoms with van der Waals surface area (Å²) in [6.45, 7) is 3.89. The zero-order valence-corrected chi connectivity index (χ0v) is 23.6. The van der Waals surface area contributed by atoms with Crippen LogP contribution in [0, 0.1) is 11.2 Å². The van der Waals surface area contributed by atoms with Gasteiger partial charge in [0.05, 0.1) is 11.1 Å². The van der Waals surface area contributed by atoms with Gasteiger partial charge in [-0.25, -0.2) is 14.1 Å². The van der Waals surface area contributed by atoms with E-state index in [1.807, 2.05) is 28.9 Å². The third-order valence-corrected chi connectivity index (χ3v) is 9.23. The molecule has 4 aromatic rings. The lowest BCUT2D eigenvalue weighted by Crippen LogP contribution is -2.55. The molecule has 40 heavy (non-hydrogen) atoms. The van der Waals surface area contributed by atoms with Crippen molar-refractivity contribution >= 4 is 55.6 Å². The van der Waals surface area contributed by atoms with E-state index in [9.17, 15) is 14.0 Å². The maximum Gasteiger partial charge on any atom is 0.228 e. The summed E-state index contributed by atoms with van der Waals surface area (Å²) in [6, 6.07) is 6.99. The topological polar surface area (TPSA) is 109 Å². The molecule has 1 saturated carbocycles. The number of anilines is 1. The molecule has 1 N–H and O–H groups in total. The lowest BCUT2D eigenvalue weighted by atomic mass is 9.86. The molecule has 0 unspecified atom stereocenters. The van der Waals surface area contributed by atoms with Gasteiger partial charge < -0.3 is 15.1 Å². The van der Waals surface area contributed by atoms with E-state index in [1.165, 1.54) is 6.07 Å². The van der Waals surface area contributed by atoms with E-state index in [0.717, 1.165) is 19.3 Å². The van der Waals surface area contributed by atoms with E-state index in [2.05, 4.69) is 36.3 Å². The third-order valence-electron chi connectivity index (χ3n) is 8.64. The van der Waals surface area contributed by atoms with Gasteiger partial charge in [-0.1, -0.05) is 13.0 Å². The Balaban J connectivity index is 1.10. The van der Waals surface area contributed by atoms with Gasteiger partial charge in [0.1, 0.15) is 10.1 Å². The highest BCUT2D eigenvalue weighted by molar-refractivity contribution is 9.10. The molecule has 12 heteroatoms. The van der Waals surface area contributed by atoms with Crippen molar-refractivity contribution in [3.05, 3.63) is 47.1 Å². The predicted octanol–water partition coefficient (Wildman–Crippen LogP) is 4.07. The first-order chi connectivity index (χ1) is 19.3. The SMILES string of the molecule is C[C@@]1(C(=O)N2CCN3C(=O)CC[C@H]3C2)CC[C@@H](Nc2ncc3c(Br)nn(-c4cc(F)c5ncccc5c4)c3n2)C1. The van der Waals surface area contributed by atoms with Crippen molar-refractivity contribution in [1.29, 1.82) is 0 Å². The lowest BCUT2D eigenvalue weighted by molar-refractivity contribution is -0.146. The maximum absolute atomic E-state index is 14.8. The first-order valence-electron chi connectivity index (χ1n) is 13.6. The van der Waals surface area contributed by atoms with Crippen LogP contribution in [0.5, 0.6) is 0 Å². The van der Waals surface area contributed by atoms with Gasteiger partial charge in [-0.05, 0) is 53.7 Å². The van der Waals surface area contributed by atoms with Crippen LogP contribution >= 0.6 is 15.9 Å². The highest BCUT2D eigenvalue weighted by Crippen LogP contribution is 2.41. The van der Waals surface area contributed by atoms with Crippen LogP contribution in [0.2, 0.25) is 0 Å². The number of rotatable bonds is 4. The second-order valence-electron chi connectivity index (χ2n) is 11.3. The monoisotopic (exact) mass is 606 g/mol. The van der Waals surface area contributed by atoms with Crippen molar-refractivity contribution in [3.8, 4) is 5.69 Å². The predicted molar refractivity (Wildman–Crippen MR) is 150 cm³/mol. The smallest absolute Gasteiger partial charge is 0.228 e. The largest absolute Gasteiger partial charge is 0.351 e. The minimum atomic E-state index is -0.478. The number of hydrogen-bond donors (Lipinski definition) is 1.